The Kier molecular flexibility index (Phi) is 5.49. The summed E-state index contributed by atoms with van der Waals surface area (Å²) in [5, 5.41) is 5.92. The van der Waals surface area contributed by atoms with Gasteiger partial charge < -0.3 is 15.4 Å². The van der Waals surface area contributed by atoms with E-state index in [4.69, 9.17) is 4.74 Å². The molecule has 0 fully saturated rings. The van der Waals surface area contributed by atoms with Gasteiger partial charge in [-0.2, -0.15) is 0 Å². The highest BCUT2D eigenvalue weighted by Crippen LogP contribution is 2.16. The van der Waals surface area contributed by atoms with Crippen LogP contribution in [0.5, 0.6) is 5.75 Å². The summed E-state index contributed by atoms with van der Waals surface area (Å²) in [7, 11) is 1.64. The maximum Gasteiger partial charge on any atom is 0.233 e. The number of carbonyl (C=O) groups is 1. The molecule has 17 heavy (non-hydrogen) atoms. The minimum atomic E-state index is 0.0212. The molecule has 0 saturated heterocycles. The van der Waals surface area contributed by atoms with Crippen molar-refractivity contribution in [2.45, 2.75) is 19.9 Å². The first-order valence-corrected chi connectivity index (χ1v) is 5.81. The van der Waals surface area contributed by atoms with Gasteiger partial charge in [-0.3, -0.25) is 4.79 Å². The molecule has 1 aromatic rings. The molecule has 1 amide bonds. The Morgan fingerprint density at radius 2 is 2.00 bits per heavy atom. The van der Waals surface area contributed by atoms with E-state index >= 15 is 0 Å². The second-order valence-electron chi connectivity index (χ2n) is 3.83. The summed E-state index contributed by atoms with van der Waals surface area (Å²) in [5.74, 6) is 0.859. The molecule has 0 aliphatic carbocycles. The predicted molar refractivity (Wildman–Crippen MR) is 68.1 cm³/mol. The lowest BCUT2D eigenvalue weighted by molar-refractivity contribution is -0.120. The summed E-state index contributed by atoms with van der Waals surface area (Å²) in [6, 6.07) is 7.96. The molecular formula is C13H20N2O2. The highest BCUT2D eigenvalue weighted by Gasteiger charge is 2.06. The Balaban J connectivity index is 2.46. The Labute approximate surface area is 102 Å². The molecule has 4 heteroatoms. The molecule has 1 aromatic carbocycles. The maximum absolute atomic E-state index is 11.3. The van der Waals surface area contributed by atoms with E-state index in [1.165, 1.54) is 0 Å². The molecule has 2 N–H and O–H groups in total. The normalized spacial score (nSPS) is 11.9. The average Bonchev–Trinajstić information content (AvgIpc) is 2.36. The van der Waals surface area contributed by atoms with Gasteiger partial charge in [0.2, 0.25) is 5.91 Å². The van der Waals surface area contributed by atoms with E-state index in [0.717, 1.165) is 11.3 Å². The number of amides is 1. The van der Waals surface area contributed by atoms with Gasteiger partial charge in [0, 0.05) is 12.6 Å². The van der Waals surface area contributed by atoms with Crippen LogP contribution in [0.25, 0.3) is 0 Å². The molecule has 0 aliphatic rings. The molecule has 0 aromatic heterocycles. The summed E-state index contributed by atoms with van der Waals surface area (Å²) < 4.78 is 5.09. The first-order chi connectivity index (χ1) is 8.17. The Bertz CT molecular complexity index is 349. The molecular weight excluding hydrogens is 216 g/mol. The lowest BCUT2D eigenvalue weighted by Crippen LogP contribution is -2.34. The fourth-order valence-corrected chi connectivity index (χ4v) is 1.52. The van der Waals surface area contributed by atoms with Crippen LogP contribution in [0.3, 0.4) is 0 Å². The van der Waals surface area contributed by atoms with E-state index < -0.39 is 0 Å². The predicted octanol–water partition coefficient (Wildman–Crippen LogP) is 1.48. The number of methoxy groups -OCH3 is 1. The average molecular weight is 236 g/mol. The van der Waals surface area contributed by atoms with Gasteiger partial charge in [-0.15, -0.1) is 0 Å². The van der Waals surface area contributed by atoms with Gasteiger partial charge in [0.05, 0.1) is 13.7 Å². The van der Waals surface area contributed by atoms with Crippen molar-refractivity contribution < 1.29 is 9.53 Å². The van der Waals surface area contributed by atoms with E-state index in [-0.39, 0.29) is 11.9 Å². The zero-order chi connectivity index (χ0) is 12.7. The van der Waals surface area contributed by atoms with Gasteiger partial charge >= 0.3 is 0 Å². The molecule has 1 atom stereocenters. The zero-order valence-corrected chi connectivity index (χ0v) is 10.6. The zero-order valence-electron chi connectivity index (χ0n) is 10.6. The van der Waals surface area contributed by atoms with Crippen LogP contribution in [0.4, 0.5) is 0 Å². The molecule has 0 bridgehead atoms. The standard InChI is InChI=1S/C13H20N2O2/c1-4-14-13(16)9-15-10(2)11-5-7-12(17-3)8-6-11/h5-8,10,15H,4,9H2,1-3H3,(H,14,16)/t10-/m0/s1. The lowest BCUT2D eigenvalue weighted by atomic mass is 10.1. The molecule has 1 rings (SSSR count). The van der Waals surface area contributed by atoms with Crippen LogP contribution in [-0.4, -0.2) is 26.1 Å². The van der Waals surface area contributed by atoms with Crippen LogP contribution in [0.1, 0.15) is 25.5 Å². The lowest BCUT2D eigenvalue weighted by Gasteiger charge is -2.14. The summed E-state index contributed by atoms with van der Waals surface area (Å²) in [6.45, 7) is 4.93. The second kappa shape index (κ2) is 6.91. The van der Waals surface area contributed by atoms with Crippen molar-refractivity contribution in [2.75, 3.05) is 20.2 Å². The number of ether oxygens (including phenoxy) is 1. The van der Waals surface area contributed by atoms with Crippen molar-refractivity contribution in [3.05, 3.63) is 29.8 Å². The highest BCUT2D eigenvalue weighted by molar-refractivity contribution is 5.77. The van der Waals surface area contributed by atoms with Gasteiger partial charge in [0.15, 0.2) is 0 Å². The molecule has 0 saturated carbocycles. The van der Waals surface area contributed by atoms with Gasteiger partial charge in [-0.1, -0.05) is 12.1 Å². The molecule has 0 heterocycles. The topological polar surface area (TPSA) is 50.4 Å². The third-order valence-electron chi connectivity index (χ3n) is 2.56. The van der Waals surface area contributed by atoms with Gasteiger partial charge in [0.1, 0.15) is 5.75 Å². The van der Waals surface area contributed by atoms with Crippen LogP contribution in [0.2, 0.25) is 0 Å². The highest BCUT2D eigenvalue weighted by atomic mass is 16.5. The van der Waals surface area contributed by atoms with Crippen molar-refractivity contribution in [3.8, 4) is 5.75 Å². The van der Waals surface area contributed by atoms with Gasteiger partial charge in [-0.05, 0) is 31.5 Å². The third-order valence-corrected chi connectivity index (χ3v) is 2.56. The summed E-state index contributed by atoms with van der Waals surface area (Å²) in [6.07, 6.45) is 0. The van der Waals surface area contributed by atoms with E-state index in [2.05, 4.69) is 10.6 Å². The number of likely N-dealkylation sites (N-methyl/N-ethyl adjacent to an activating group) is 1. The summed E-state index contributed by atoms with van der Waals surface area (Å²) in [5.41, 5.74) is 1.13. The van der Waals surface area contributed by atoms with E-state index in [0.29, 0.717) is 13.1 Å². The SMILES string of the molecule is CCNC(=O)CN[C@@H](C)c1ccc(OC)cc1. The Hall–Kier alpha value is -1.55. The summed E-state index contributed by atoms with van der Waals surface area (Å²) in [4.78, 5) is 11.3. The molecule has 94 valence electrons. The van der Waals surface area contributed by atoms with Gasteiger partial charge in [0.25, 0.3) is 0 Å². The quantitative estimate of drug-likeness (QED) is 0.786. The van der Waals surface area contributed by atoms with Crippen molar-refractivity contribution in [3.63, 3.8) is 0 Å². The monoisotopic (exact) mass is 236 g/mol. The fraction of sp³-hybridized carbons (Fsp3) is 0.462. The van der Waals surface area contributed by atoms with Crippen LogP contribution < -0.4 is 15.4 Å². The van der Waals surface area contributed by atoms with Crippen molar-refractivity contribution in [2.24, 2.45) is 0 Å². The van der Waals surface area contributed by atoms with E-state index in [1.54, 1.807) is 7.11 Å². The van der Waals surface area contributed by atoms with Crippen LogP contribution >= 0.6 is 0 Å². The molecule has 4 nitrogen and oxygen atoms in total. The number of rotatable bonds is 6. The number of hydrogen-bond acceptors (Lipinski definition) is 3. The maximum atomic E-state index is 11.3. The number of nitrogens with one attached hydrogen (secondary N) is 2. The number of carbonyl (C=O) groups excluding carboxylic acids is 1. The molecule has 0 aliphatic heterocycles. The Morgan fingerprint density at radius 1 is 1.35 bits per heavy atom. The molecule has 0 unspecified atom stereocenters. The molecule has 0 radical (unpaired) electrons. The first kappa shape index (κ1) is 13.5. The van der Waals surface area contributed by atoms with Crippen molar-refractivity contribution in [1.82, 2.24) is 10.6 Å². The largest absolute Gasteiger partial charge is 0.497 e. The smallest absolute Gasteiger partial charge is 0.233 e. The number of benzene rings is 1. The summed E-state index contributed by atoms with van der Waals surface area (Å²) >= 11 is 0. The van der Waals surface area contributed by atoms with Crippen molar-refractivity contribution in [1.29, 1.82) is 0 Å². The fourth-order valence-electron chi connectivity index (χ4n) is 1.52. The second-order valence-corrected chi connectivity index (χ2v) is 3.83. The minimum Gasteiger partial charge on any atom is -0.497 e. The number of hydrogen-bond donors (Lipinski definition) is 2. The Morgan fingerprint density at radius 3 is 2.53 bits per heavy atom. The van der Waals surface area contributed by atoms with E-state index in [1.807, 2.05) is 38.1 Å². The van der Waals surface area contributed by atoms with Crippen LogP contribution in [-0.2, 0) is 4.79 Å². The van der Waals surface area contributed by atoms with E-state index in [9.17, 15) is 4.79 Å². The van der Waals surface area contributed by atoms with Crippen LogP contribution in [0, 0.1) is 0 Å². The van der Waals surface area contributed by atoms with Gasteiger partial charge in [-0.25, -0.2) is 0 Å². The molecule has 0 spiro atoms. The van der Waals surface area contributed by atoms with Crippen molar-refractivity contribution >= 4 is 5.91 Å². The minimum absolute atomic E-state index is 0.0212. The third kappa shape index (κ3) is 4.44. The van der Waals surface area contributed by atoms with Crippen LogP contribution in [0.15, 0.2) is 24.3 Å². The first-order valence-electron chi connectivity index (χ1n) is 5.81.